The summed E-state index contributed by atoms with van der Waals surface area (Å²) in [6.45, 7) is 1.42. The number of nitrogens with two attached hydrogens (primary N) is 1. The monoisotopic (exact) mass is 727 g/mol. The third kappa shape index (κ3) is 12.4. The van der Waals surface area contributed by atoms with Crippen LogP contribution >= 0.6 is 7.82 Å². The minimum absolute atomic E-state index is 0. The summed E-state index contributed by atoms with van der Waals surface area (Å²) in [6.07, 6.45) is 13.8. The maximum atomic E-state index is 15.8. The van der Waals surface area contributed by atoms with E-state index in [1.54, 1.807) is 24.3 Å². The van der Waals surface area contributed by atoms with Crippen LogP contribution in [0.5, 0.6) is 5.75 Å². The van der Waals surface area contributed by atoms with Crippen LogP contribution in [0.4, 0.5) is 14.6 Å². The molecule has 0 aliphatic carbocycles. The second kappa shape index (κ2) is 20.9. The summed E-state index contributed by atoms with van der Waals surface area (Å²) in [5, 5.41) is 0. The van der Waals surface area contributed by atoms with Gasteiger partial charge in [0.25, 0.3) is 0 Å². The second-order valence-electron chi connectivity index (χ2n) is 12.9. The number of esters is 1. The van der Waals surface area contributed by atoms with Crippen LogP contribution in [-0.4, -0.2) is 40.3 Å². The molecule has 282 valence electrons. The first kappa shape index (κ1) is 41.6. The fourth-order valence-electron chi connectivity index (χ4n) is 6.11. The Kier molecular flexibility index (Phi) is 17.3. The molecule has 0 spiro atoms. The molecule has 1 saturated heterocycles. The van der Waals surface area contributed by atoms with Gasteiger partial charge >= 0.3 is 25.4 Å². The molecule has 0 amide bonds. The normalized spacial score (nSPS) is 22.3. The number of carbonyl (C=O) groups is 1. The Labute approximate surface area is 295 Å². The van der Waals surface area contributed by atoms with Crippen molar-refractivity contribution >= 4 is 19.6 Å². The summed E-state index contributed by atoms with van der Waals surface area (Å²) in [5.41, 5.74) is 5.09. The van der Waals surface area contributed by atoms with E-state index in [1.165, 1.54) is 76.7 Å². The van der Waals surface area contributed by atoms with E-state index in [4.69, 9.17) is 28.8 Å². The van der Waals surface area contributed by atoms with Crippen LogP contribution in [0.15, 0.2) is 41.3 Å². The Hall–Kier alpha value is -2.86. The number of halogens is 2. The number of para-hydroxylation sites is 1. The first-order valence-electron chi connectivity index (χ1n) is 17.9. The predicted octanol–water partition coefficient (Wildman–Crippen LogP) is 9.29. The van der Waals surface area contributed by atoms with Crippen molar-refractivity contribution in [1.82, 2.24) is 9.55 Å². The zero-order valence-corrected chi connectivity index (χ0v) is 29.5. The van der Waals surface area contributed by atoms with E-state index in [-0.39, 0.29) is 32.0 Å². The highest BCUT2D eigenvalue weighted by atomic mass is 31.2. The van der Waals surface area contributed by atoms with E-state index in [1.807, 2.05) is 0 Å². The summed E-state index contributed by atoms with van der Waals surface area (Å²) < 4.78 is 72.3. The summed E-state index contributed by atoms with van der Waals surface area (Å²) in [5.74, 6) is -4.60. The molecule has 14 heteroatoms. The van der Waals surface area contributed by atoms with Crippen molar-refractivity contribution in [3.63, 3.8) is 0 Å². The second-order valence-corrected chi connectivity index (χ2v) is 14.5. The van der Waals surface area contributed by atoms with E-state index < -0.39 is 50.4 Å². The number of carbonyl (C=O) groups excluding carboxylic acids is 1. The Morgan fingerprint density at radius 2 is 1.54 bits per heavy atom. The molecule has 3 heterocycles. The Morgan fingerprint density at radius 3 is 2.14 bits per heavy atom. The molecule has 50 heavy (non-hydrogen) atoms. The largest absolute Gasteiger partial charge is 0.530 e. The van der Waals surface area contributed by atoms with Gasteiger partial charge in [0.15, 0.2) is 6.10 Å². The third-order valence-electron chi connectivity index (χ3n) is 8.90. The minimum Gasteiger partial charge on any atom is -0.453 e. The number of anilines is 1. The number of unbranched alkanes of at least 4 members (excludes halogenated alkanes) is 15. The number of hydrogen-bond donors (Lipinski definition) is 1. The molecule has 0 bridgehead atoms. The maximum Gasteiger partial charge on any atom is 0.530 e. The van der Waals surface area contributed by atoms with Crippen molar-refractivity contribution in [2.45, 2.75) is 154 Å². The standard InChI is InChI=1S/C35H52F2N3O8P.CH4/c1-2-3-4-5-6-7-8-9-10-11-12-13-14-15-16-17-22-31(41)47-32-29(26-45-49(43)44-25-27-20-18-19-21-28(27)48-49)46-33(35(32,36)37)40-24-23-30(38)39-34(40)42;/h18-21,23-24,29,32-33H,2-17,22,25-26H2,1H3,(H2,38,39,42);1H4/t29-,32-,33-,49?;/m1./s1. The first-order valence-corrected chi connectivity index (χ1v) is 19.3. The lowest BCUT2D eigenvalue weighted by molar-refractivity contribution is -0.176. The highest BCUT2D eigenvalue weighted by molar-refractivity contribution is 7.49. The van der Waals surface area contributed by atoms with Gasteiger partial charge in [0.2, 0.25) is 6.23 Å². The van der Waals surface area contributed by atoms with E-state index in [2.05, 4.69) is 11.9 Å². The molecule has 4 atom stereocenters. The van der Waals surface area contributed by atoms with Gasteiger partial charge in [-0.3, -0.25) is 18.4 Å². The molecule has 4 rings (SSSR count). The molecule has 1 unspecified atom stereocenters. The topological polar surface area (TPSA) is 141 Å². The molecular formula is C36H56F2N3O8P. The average molecular weight is 728 g/mol. The zero-order valence-electron chi connectivity index (χ0n) is 28.6. The number of aromatic nitrogens is 2. The number of ether oxygens (including phenoxy) is 2. The average Bonchev–Trinajstić information content (AvgIpc) is 3.32. The maximum absolute atomic E-state index is 15.8. The number of nitrogen functional groups attached to an aromatic ring is 1. The van der Waals surface area contributed by atoms with Crippen LogP contribution < -0.4 is 15.9 Å². The van der Waals surface area contributed by atoms with Crippen LogP contribution in [0, 0.1) is 0 Å². The van der Waals surface area contributed by atoms with Gasteiger partial charge < -0.3 is 19.7 Å². The highest BCUT2D eigenvalue weighted by Gasteiger charge is 2.63. The lowest BCUT2D eigenvalue weighted by Crippen LogP contribution is -2.44. The van der Waals surface area contributed by atoms with E-state index >= 15 is 8.78 Å². The van der Waals surface area contributed by atoms with Crippen LogP contribution in [-0.2, 0) is 34.5 Å². The predicted molar refractivity (Wildman–Crippen MR) is 188 cm³/mol. The van der Waals surface area contributed by atoms with Gasteiger partial charge in [0, 0.05) is 18.2 Å². The van der Waals surface area contributed by atoms with Crippen molar-refractivity contribution < 1.29 is 41.2 Å². The Balaban J connectivity index is 0.00000676. The Morgan fingerprint density at radius 1 is 0.960 bits per heavy atom. The number of benzene rings is 1. The number of rotatable bonds is 22. The number of hydrogen-bond acceptors (Lipinski definition) is 10. The van der Waals surface area contributed by atoms with Crippen molar-refractivity contribution in [2.24, 2.45) is 0 Å². The number of phosphoric acid groups is 1. The van der Waals surface area contributed by atoms with Gasteiger partial charge in [-0.05, 0) is 18.6 Å². The molecule has 1 aromatic carbocycles. The quantitative estimate of drug-likeness (QED) is 0.0709. The molecular weight excluding hydrogens is 671 g/mol. The van der Waals surface area contributed by atoms with Crippen LogP contribution in [0.25, 0.3) is 0 Å². The highest BCUT2D eigenvalue weighted by Crippen LogP contribution is 2.55. The fraction of sp³-hybridized carbons (Fsp3) is 0.694. The Bertz CT molecular complexity index is 1430. The van der Waals surface area contributed by atoms with Crippen LogP contribution in [0.1, 0.15) is 135 Å². The van der Waals surface area contributed by atoms with Crippen molar-refractivity contribution in [3.8, 4) is 5.75 Å². The first-order chi connectivity index (χ1) is 23.6. The van der Waals surface area contributed by atoms with Crippen molar-refractivity contribution in [3.05, 3.63) is 52.6 Å². The molecule has 2 aliphatic rings. The van der Waals surface area contributed by atoms with Crippen molar-refractivity contribution in [1.29, 1.82) is 0 Å². The molecule has 0 radical (unpaired) electrons. The van der Waals surface area contributed by atoms with E-state index in [0.29, 0.717) is 16.6 Å². The number of alkyl halides is 2. The lowest BCUT2D eigenvalue weighted by Gasteiger charge is -2.27. The summed E-state index contributed by atoms with van der Waals surface area (Å²) in [6, 6.07) is 7.89. The third-order valence-corrected chi connectivity index (χ3v) is 10.2. The molecule has 0 saturated carbocycles. The molecule has 1 aromatic heterocycles. The lowest BCUT2D eigenvalue weighted by atomic mass is 10.0. The molecule has 11 nitrogen and oxygen atoms in total. The van der Waals surface area contributed by atoms with Crippen LogP contribution in [0.2, 0.25) is 0 Å². The van der Waals surface area contributed by atoms with Gasteiger partial charge in [-0.1, -0.05) is 129 Å². The number of phosphoric ester groups is 1. The molecule has 2 N–H and O–H groups in total. The zero-order chi connectivity index (χ0) is 35.1. The van der Waals surface area contributed by atoms with Gasteiger partial charge in [-0.25, -0.2) is 9.36 Å². The van der Waals surface area contributed by atoms with E-state index in [0.717, 1.165) is 31.9 Å². The van der Waals surface area contributed by atoms with Gasteiger partial charge in [-0.15, -0.1) is 0 Å². The van der Waals surface area contributed by atoms with Gasteiger partial charge in [0.05, 0.1) is 13.2 Å². The number of fused-ring (bicyclic) bond motifs is 1. The van der Waals surface area contributed by atoms with Crippen LogP contribution in [0.3, 0.4) is 0 Å². The fourth-order valence-corrected chi connectivity index (χ4v) is 7.33. The minimum atomic E-state index is -4.22. The van der Waals surface area contributed by atoms with E-state index in [9.17, 15) is 14.2 Å². The van der Waals surface area contributed by atoms with Crippen molar-refractivity contribution in [2.75, 3.05) is 12.3 Å². The molecule has 1 fully saturated rings. The number of nitrogens with zero attached hydrogens (tertiary/aromatic N) is 2. The SMILES string of the molecule is C.CCCCCCCCCCCCCCCCCCC(=O)O[C@@H]1[C@@H](COP2(=O)OCc3ccccc3O2)O[C@@H](n2ccc(N)nc2=O)C1(F)F. The van der Waals surface area contributed by atoms with Gasteiger partial charge in [0.1, 0.15) is 17.7 Å². The molecule has 2 aromatic rings. The summed E-state index contributed by atoms with van der Waals surface area (Å²) in [4.78, 5) is 28.7. The summed E-state index contributed by atoms with van der Waals surface area (Å²) >= 11 is 0. The molecule has 2 aliphatic heterocycles. The summed E-state index contributed by atoms with van der Waals surface area (Å²) in [7, 11) is -4.22. The smallest absolute Gasteiger partial charge is 0.453 e. The van der Waals surface area contributed by atoms with Gasteiger partial charge in [-0.2, -0.15) is 13.8 Å².